The van der Waals surface area contributed by atoms with E-state index in [2.05, 4.69) is 32.2 Å². The number of benzene rings is 1. The molecule has 3 heteroatoms. The Morgan fingerprint density at radius 1 is 1.19 bits per heavy atom. The van der Waals surface area contributed by atoms with Crippen molar-refractivity contribution in [3.05, 3.63) is 52.8 Å². The van der Waals surface area contributed by atoms with E-state index in [1.54, 1.807) is 0 Å². The van der Waals surface area contributed by atoms with Crippen LogP contribution in [0.25, 0.3) is 17.4 Å². The Bertz CT molecular complexity index is 596. The molecule has 1 aromatic heterocycles. The standard InChI is InChI=1S/C18H22ClNO/c1-4-20-12-15(13(2)3)11-17-9-10-18(21-17)14-5-7-16(19)8-6-14/h5-11,13,20H,4,12H2,1-3H3. The molecular weight excluding hydrogens is 282 g/mol. The van der Waals surface area contributed by atoms with Crippen molar-refractivity contribution in [3.63, 3.8) is 0 Å². The molecule has 112 valence electrons. The molecule has 0 atom stereocenters. The van der Waals surface area contributed by atoms with Gasteiger partial charge in [-0.3, -0.25) is 0 Å². The van der Waals surface area contributed by atoms with Crippen LogP contribution in [0.4, 0.5) is 0 Å². The topological polar surface area (TPSA) is 25.2 Å². The molecule has 0 bridgehead atoms. The number of furan rings is 1. The average Bonchev–Trinajstić information content (AvgIpc) is 2.92. The van der Waals surface area contributed by atoms with Gasteiger partial charge < -0.3 is 9.73 Å². The third-order valence-corrected chi connectivity index (χ3v) is 3.66. The molecule has 2 aromatic rings. The van der Waals surface area contributed by atoms with Crippen molar-refractivity contribution in [3.8, 4) is 11.3 Å². The summed E-state index contributed by atoms with van der Waals surface area (Å²) in [5, 5.41) is 4.10. The van der Waals surface area contributed by atoms with E-state index in [-0.39, 0.29) is 0 Å². The van der Waals surface area contributed by atoms with Gasteiger partial charge >= 0.3 is 0 Å². The van der Waals surface area contributed by atoms with Crippen LogP contribution in [0, 0.1) is 5.92 Å². The smallest absolute Gasteiger partial charge is 0.134 e. The molecule has 0 fully saturated rings. The molecule has 0 spiro atoms. The van der Waals surface area contributed by atoms with Crippen LogP contribution < -0.4 is 5.32 Å². The SMILES string of the molecule is CCNCC(=Cc1ccc(-c2ccc(Cl)cc2)o1)C(C)C. The second-order valence-corrected chi connectivity index (χ2v) is 5.80. The summed E-state index contributed by atoms with van der Waals surface area (Å²) >= 11 is 5.91. The van der Waals surface area contributed by atoms with Crippen molar-refractivity contribution in [2.45, 2.75) is 20.8 Å². The number of halogens is 1. The van der Waals surface area contributed by atoms with Gasteiger partial charge in [-0.2, -0.15) is 0 Å². The maximum absolute atomic E-state index is 5.92. The number of nitrogens with one attached hydrogen (secondary N) is 1. The molecular formula is C18H22ClNO. The van der Waals surface area contributed by atoms with Crippen LogP contribution in [-0.2, 0) is 0 Å². The van der Waals surface area contributed by atoms with Crippen molar-refractivity contribution < 1.29 is 4.42 Å². The molecule has 1 heterocycles. The minimum Gasteiger partial charge on any atom is -0.457 e. The summed E-state index contributed by atoms with van der Waals surface area (Å²) < 4.78 is 5.92. The van der Waals surface area contributed by atoms with Gasteiger partial charge in [0, 0.05) is 17.1 Å². The zero-order valence-electron chi connectivity index (χ0n) is 12.8. The highest BCUT2D eigenvalue weighted by molar-refractivity contribution is 6.30. The van der Waals surface area contributed by atoms with Gasteiger partial charge in [0.1, 0.15) is 11.5 Å². The third kappa shape index (κ3) is 4.48. The van der Waals surface area contributed by atoms with Gasteiger partial charge in [0.2, 0.25) is 0 Å². The van der Waals surface area contributed by atoms with Crippen LogP contribution in [0.5, 0.6) is 0 Å². The molecule has 0 saturated heterocycles. The van der Waals surface area contributed by atoms with Crippen molar-refractivity contribution in [1.29, 1.82) is 0 Å². The summed E-state index contributed by atoms with van der Waals surface area (Å²) in [4.78, 5) is 0. The summed E-state index contributed by atoms with van der Waals surface area (Å²) in [7, 11) is 0. The highest BCUT2D eigenvalue weighted by Gasteiger charge is 2.07. The van der Waals surface area contributed by atoms with Gasteiger partial charge in [-0.25, -0.2) is 0 Å². The predicted molar refractivity (Wildman–Crippen MR) is 90.5 cm³/mol. The van der Waals surface area contributed by atoms with Crippen molar-refractivity contribution in [2.24, 2.45) is 5.92 Å². The molecule has 0 aliphatic carbocycles. The predicted octanol–water partition coefficient (Wildman–Crippen LogP) is 5.25. The fraction of sp³-hybridized carbons (Fsp3) is 0.333. The molecule has 2 rings (SSSR count). The van der Waals surface area contributed by atoms with Gasteiger partial charge in [0.25, 0.3) is 0 Å². The molecule has 0 aliphatic heterocycles. The molecule has 0 saturated carbocycles. The van der Waals surface area contributed by atoms with E-state index in [0.717, 1.165) is 35.2 Å². The van der Waals surface area contributed by atoms with Gasteiger partial charge in [-0.1, -0.05) is 37.9 Å². The maximum atomic E-state index is 5.92. The zero-order valence-corrected chi connectivity index (χ0v) is 13.6. The van der Waals surface area contributed by atoms with Gasteiger partial charge in [-0.15, -0.1) is 0 Å². The molecule has 0 aliphatic rings. The first-order chi connectivity index (χ1) is 10.1. The summed E-state index contributed by atoms with van der Waals surface area (Å²) in [5.74, 6) is 2.25. The lowest BCUT2D eigenvalue weighted by molar-refractivity contribution is 0.569. The van der Waals surface area contributed by atoms with Crippen LogP contribution in [0.2, 0.25) is 5.02 Å². The fourth-order valence-corrected chi connectivity index (χ4v) is 2.20. The molecule has 0 amide bonds. The first-order valence-electron chi connectivity index (χ1n) is 7.37. The van der Waals surface area contributed by atoms with E-state index >= 15 is 0 Å². The molecule has 0 radical (unpaired) electrons. The van der Waals surface area contributed by atoms with E-state index in [4.69, 9.17) is 16.0 Å². The van der Waals surface area contributed by atoms with E-state index in [1.165, 1.54) is 5.57 Å². The number of hydrogen-bond donors (Lipinski definition) is 1. The monoisotopic (exact) mass is 303 g/mol. The Hall–Kier alpha value is -1.51. The lowest BCUT2D eigenvalue weighted by Gasteiger charge is -2.11. The van der Waals surface area contributed by atoms with Gasteiger partial charge in [0.15, 0.2) is 0 Å². The molecule has 0 unspecified atom stereocenters. The third-order valence-electron chi connectivity index (χ3n) is 3.40. The zero-order chi connectivity index (χ0) is 15.2. The van der Waals surface area contributed by atoms with Crippen LogP contribution in [0.1, 0.15) is 26.5 Å². The normalized spacial score (nSPS) is 12.1. The van der Waals surface area contributed by atoms with E-state index < -0.39 is 0 Å². The molecule has 21 heavy (non-hydrogen) atoms. The maximum Gasteiger partial charge on any atom is 0.134 e. The Labute approximate surface area is 131 Å². The van der Waals surface area contributed by atoms with Crippen molar-refractivity contribution in [2.75, 3.05) is 13.1 Å². The summed E-state index contributed by atoms with van der Waals surface area (Å²) in [6.45, 7) is 8.38. The molecule has 2 nitrogen and oxygen atoms in total. The highest BCUT2D eigenvalue weighted by atomic mass is 35.5. The molecule has 1 aromatic carbocycles. The minimum absolute atomic E-state index is 0.494. The van der Waals surface area contributed by atoms with E-state index in [0.29, 0.717) is 5.92 Å². The van der Waals surface area contributed by atoms with Gasteiger partial charge in [-0.05, 0) is 54.9 Å². The van der Waals surface area contributed by atoms with Crippen LogP contribution in [0.3, 0.4) is 0 Å². The Kier molecular flexibility index (Phi) is 5.66. The van der Waals surface area contributed by atoms with Crippen molar-refractivity contribution >= 4 is 17.7 Å². The number of hydrogen-bond acceptors (Lipinski definition) is 2. The van der Waals surface area contributed by atoms with Crippen LogP contribution in [0.15, 0.2) is 46.4 Å². The lowest BCUT2D eigenvalue weighted by atomic mass is 10.0. The quantitative estimate of drug-likeness (QED) is 0.788. The summed E-state index contributed by atoms with van der Waals surface area (Å²) in [5.41, 5.74) is 2.38. The van der Waals surface area contributed by atoms with Gasteiger partial charge in [0.05, 0.1) is 0 Å². The summed E-state index contributed by atoms with van der Waals surface area (Å²) in [6.07, 6.45) is 2.13. The largest absolute Gasteiger partial charge is 0.457 e. The number of rotatable bonds is 6. The first kappa shape index (κ1) is 15.9. The van der Waals surface area contributed by atoms with E-state index in [9.17, 15) is 0 Å². The Morgan fingerprint density at radius 3 is 2.52 bits per heavy atom. The van der Waals surface area contributed by atoms with E-state index in [1.807, 2.05) is 36.4 Å². The molecule has 1 N–H and O–H groups in total. The fourth-order valence-electron chi connectivity index (χ4n) is 2.07. The lowest BCUT2D eigenvalue weighted by Crippen LogP contribution is -2.18. The second kappa shape index (κ2) is 7.48. The second-order valence-electron chi connectivity index (χ2n) is 5.36. The first-order valence-corrected chi connectivity index (χ1v) is 7.75. The number of likely N-dealkylation sites (N-methyl/N-ethyl adjacent to an activating group) is 1. The Balaban J connectivity index is 2.20. The minimum atomic E-state index is 0.494. The summed E-state index contributed by atoms with van der Waals surface area (Å²) in [6, 6.07) is 11.7. The Morgan fingerprint density at radius 2 is 1.90 bits per heavy atom. The van der Waals surface area contributed by atoms with Crippen molar-refractivity contribution in [1.82, 2.24) is 5.32 Å². The van der Waals surface area contributed by atoms with Crippen LogP contribution >= 0.6 is 11.6 Å². The highest BCUT2D eigenvalue weighted by Crippen LogP contribution is 2.25. The van der Waals surface area contributed by atoms with Crippen LogP contribution in [-0.4, -0.2) is 13.1 Å². The average molecular weight is 304 g/mol.